The predicted octanol–water partition coefficient (Wildman–Crippen LogP) is 2.14. The highest BCUT2D eigenvalue weighted by Crippen LogP contribution is 2.37. The molecule has 1 aliphatic rings. The number of thiophene rings is 1. The molecule has 0 fully saturated rings. The number of nitrogens with zero attached hydrogens (tertiary/aromatic N) is 2. The summed E-state index contributed by atoms with van der Waals surface area (Å²) in [7, 11) is 1.89. The van der Waals surface area contributed by atoms with Gasteiger partial charge in [-0.2, -0.15) is 5.26 Å². The second-order valence-electron chi connectivity index (χ2n) is 5.84. The SMILES string of the molecule is CC(CO)N(C)CCC(=O)Nc1sc2c(c1C#N)CCCC2. The van der Waals surface area contributed by atoms with Crippen LogP contribution < -0.4 is 5.32 Å². The third-order valence-electron chi connectivity index (χ3n) is 4.24. The molecular weight excluding hydrogens is 298 g/mol. The van der Waals surface area contributed by atoms with Crippen molar-refractivity contribution in [3.05, 3.63) is 16.0 Å². The fraction of sp³-hybridized carbons (Fsp3) is 0.625. The molecule has 2 rings (SSSR count). The Morgan fingerprint density at radius 1 is 1.50 bits per heavy atom. The summed E-state index contributed by atoms with van der Waals surface area (Å²) >= 11 is 1.55. The largest absolute Gasteiger partial charge is 0.395 e. The second-order valence-corrected chi connectivity index (χ2v) is 6.94. The number of anilines is 1. The first-order valence-electron chi connectivity index (χ1n) is 7.72. The van der Waals surface area contributed by atoms with Gasteiger partial charge in [-0.3, -0.25) is 4.79 Å². The van der Waals surface area contributed by atoms with Gasteiger partial charge in [0.1, 0.15) is 11.1 Å². The molecule has 0 saturated carbocycles. The summed E-state index contributed by atoms with van der Waals surface area (Å²) in [5.74, 6) is -0.0768. The van der Waals surface area contributed by atoms with Gasteiger partial charge in [0.15, 0.2) is 0 Å². The van der Waals surface area contributed by atoms with E-state index < -0.39 is 0 Å². The fourth-order valence-electron chi connectivity index (χ4n) is 2.60. The van der Waals surface area contributed by atoms with Crippen LogP contribution in [0, 0.1) is 11.3 Å². The Labute approximate surface area is 135 Å². The monoisotopic (exact) mass is 321 g/mol. The summed E-state index contributed by atoms with van der Waals surface area (Å²) in [4.78, 5) is 15.3. The molecule has 2 N–H and O–H groups in total. The molecular formula is C16H23N3O2S. The first kappa shape index (κ1) is 16.9. The summed E-state index contributed by atoms with van der Waals surface area (Å²) < 4.78 is 0. The molecule has 0 aromatic carbocycles. The molecule has 6 heteroatoms. The molecule has 0 spiro atoms. The zero-order valence-corrected chi connectivity index (χ0v) is 14.0. The lowest BCUT2D eigenvalue weighted by atomic mass is 9.96. The van der Waals surface area contributed by atoms with E-state index in [1.165, 1.54) is 4.88 Å². The van der Waals surface area contributed by atoms with Gasteiger partial charge in [-0.1, -0.05) is 0 Å². The molecule has 0 radical (unpaired) electrons. The zero-order valence-electron chi connectivity index (χ0n) is 13.2. The molecule has 1 amide bonds. The van der Waals surface area contributed by atoms with Gasteiger partial charge < -0.3 is 15.3 Å². The minimum Gasteiger partial charge on any atom is -0.395 e. The van der Waals surface area contributed by atoms with Crippen molar-refractivity contribution in [2.75, 3.05) is 25.5 Å². The normalized spacial score (nSPS) is 15.2. The minimum absolute atomic E-state index is 0.0384. The first-order chi connectivity index (χ1) is 10.6. The van der Waals surface area contributed by atoms with Crippen LogP contribution in [0.3, 0.4) is 0 Å². The van der Waals surface area contributed by atoms with Gasteiger partial charge in [-0.15, -0.1) is 11.3 Å². The lowest BCUT2D eigenvalue weighted by molar-refractivity contribution is -0.116. The van der Waals surface area contributed by atoms with Crippen molar-refractivity contribution in [1.82, 2.24) is 4.90 Å². The number of rotatable bonds is 6. The number of likely N-dealkylation sites (N-methyl/N-ethyl adjacent to an activating group) is 1. The van der Waals surface area contributed by atoms with Crippen molar-refractivity contribution in [1.29, 1.82) is 5.26 Å². The van der Waals surface area contributed by atoms with E-state index in [0.29, 0.717) is 23.5 Å². The third kappa shape index (κ3) is 3.86. The Morgan fingerprint density at radius 2 is 2.23 bits per heavy atom. The number of aliphatic hydroxyl groups excluding tert-OH is 1. The highest BCUT2D eigenvalue weighted by atomic mass is 32.1. The Morgan fingerprint density at radius 3 is 2.91 bits per heavy atom. The van der Waals surface area contributed by atoms with Crippen molar-refractivity contribution in [3.8, 4) is 6.07 Å². The first-order valence-corrected chi connectivity index (χ1v) is 8.54. The van der Waals surface area contributed by atoms with Crippen LogP contribution in [-0.4, -0.2) is 42.2 Å². The summed E-state index contributed by atoms with van der Waals surface area (Å²) in [5, 5.41) is 22.1. The predicted molar refractivity (Wildman–Crippen MR) is 88.1 cm³/mol. The summed E-state index contributed by atoms with van der Waals surface area (Å²) in [6.07, 6.45) is 4.60. The van der Waals surface area contributed by atoms with E-state index in [4.69, 9.17) is 5.11 Å². The molecule has 0 aliphatic heterocycles. The number of fused-ring (bicyclic) bond motifs is 1. The number of nitrogens with one attached hydrogen (secondary N) is 1. The van der Waals surface area contributed by atoms with Crippen LogP contribution in [0.15, 0.2) is 0 Å². The molecule has 5 nitrogen and oxygen atoms in total. The number of hydrogen-bond acceptors (Lipinski definition) is 5. The minimum atomic E-state index is -0.0768. The van der Waals surface area contributed by atoms with E-state index in [9.17, 15) is 10.1 Å². The van der Waals surface area contributed by atoms with E-state index in [1.54, 1.807) is 11.3 Å². The second kappa shape index (κ2) is 7.73. The average Bonchev–Trinajstić information content (AvgIpc) is 2.88. The molecule has 1 aromatic rings. The maximum atomic E-state index is 12.1. The third-order valence-corrected chi connectivity index (χ3v) is 5.45. The quantitative estimate of drug-likeness (QED) is 0.841. The Hall–Kier alpha value is -1.42. The van der Waals surface area contributed by atoms with Gasteiger partial charge >= 0.3 is 0 Å². The van der Waals surface area contributed by atoms with Crippen molar-refractivity contribution in [2.24, 2.45) is 0 Å². The summed E-state index contributed by atoms with van der Waals surface area (Å²) in [5.41, 5.74) is 1.80. The van der Waals surface area contributed by atoms with Crippen LogP contribution in [-0.2, 0) is 17.6 Å². The number of amides is 1. The number of carbonyl (C=O) groups excluding carboxylic acids is 1. The zero-order chi connectivity index (χ0) is 16.1. The van der Waals surface area contributed by atoms with Crippen LogP contribution in [0.1, 0.15) is 42.2 Å². The molecule has 1 atom stereocenters. The van der Waals surface area contributed by atoms with Gasteiger partial charge in [0.05, 0.1) is 12.2 Å². The molecule has 1 heterocycles. The van der Waals surface area contributed by atoms with Gasteiger partial charge in [0.2, 0.25) is 5.91 Å². The van der Waals surface area contributed by atoms with Gasteiger partial charge in [0.25, 0.3) is 0 Å². The van der Waals surface area contributed by atoms with Gasteiger partial charge in [-0.25, -0.2) is 0 Å². The average molecular weight is 321 g/mol. The maximum Gasteiger partial charge on any atom is 0.226 e. The van der Waals surface area contributed by atoms with Gasteiger partial charge in [0, 0.05) is 23.9 Å². The number of aliphatic hydroxyl groups is 1. The molecule has 22 heavy (non-hydrogen) atoms. The highest BCUT2D eigenvalue weighted by molar-refractivity contribution is 7.16. The Kier molecular flexibility index (Phi) is 5.95. The van der Waals surface area contributed by atoms with Crippen molar-refractivity contribution in [2.45, 2.75) is 45.1 Å². The Bertz CT molecular complexity index is 577. The number of hydrogen-bond donors (Lipinski definition) is 2. The van der Waals surface area contributed by atoms with Crippen LogP contribution in [0.2, 0.25) is 0 Å². The maximum absolute atomic E-state index is 12.1. The molecule has 120 valence electrons. The lowest BCUT2D eigenvalue weighted by Gasteiger charge is -2.22. The van der Waals surface area contributed by atoms with Crippen molar-refractivity contribution < 1.29 is 9.90 Å². The van der Waals surface area contributed by atoms with E-state index in [2.05, 4.69) is 11.4 Å². The molecule has 0 bridgehead atoms. The smallest absolute Gasteiger partial charge is 0.226 e. The number of carbonyl (C=O) groups is 1. The van der Waals surface area contributed by atoms with Crippen LogP contribution in [0.5, 0.6) is 0 Å². The van der Waals surface area contributed by atoms with Crippen molar-refractivity contribution in [3.63, 3.8) is 0 Å². The van der Waals surface area contributed by atoms with Gasteiger partial charge in [-0.05, 0) is 45.2 Å². The molecule has 1 aliphatic carbocycles. The van der Waals surface area contributed by atoms with Crippen LogP contribution in [0.4, 0.5) is 5.00 Å². The Balaban J connectivity index is 1.97. The number of aryl methyl sites for hydroxylation is 1. The van der Waals surface area contributed by atoms with Crippen LogP contribution in [0.25, 0.3) is 0 Å². The fourth-order valence-corrected chi connectivity index (χ4v) is 3.85. The number of nitriles is 1. The van der Waals surface area contributed by atoms with Crippen LogP contribution >= 0.6 is 11.3 Å². The topological polar surface area (TPSA) is 76.4 Å². The van der Waals surface area contributed by atoms with E-state index in [-0.39, 0.29) is 18.6 Å². The highest BCUT2D eigenvalue weighted by Gasteiger charge is 2.21. The summed E-state index contributed by atoms with van der Waals surface area (Å²) in [6.45, 7) is 2.58. The van der Waals surface area contributed by atoms with Crippen molar-refractivity contribution >= 4 is 22.2 Å². The van der Waals surface area contributed by atoms with E-state index >= 15 is 0 Å². The molecule has 1 unspecified atom stereocenters. The molecule has 1 aromatic heterocycles. The molecule has 0 saturated heterocycles. The summed E-state index contributed by atoms with van der Waals surface area (Å²) in [6, 6.07) is 2.29. The lowest BCUT2D eigenvalue weighted by Crippen LogP contribution is -2.34. The standard InChI is InChI=1S/C16H23N3O2S/c1-11(10-20)19(2)8-7-15(21)18-16-13(9-17)12-5-3-4-6-14(12)22-16/h11,20H,3-8,10H2,1-2H3,(H,18,21). The van der Waals surface area contributed by atoms with E-state index in [1.807, 2.05) is 18.9 Å². The van der Waals surface area contributed by atoms with E-state index in [0.717, 1.165) is 31.2 Å².